The highest BCUT2D eigenvalue weighted by molar-refractivity contribution is 5.25. The van der Waals surface area contributed by atoms with Crippen LogP contribution in [0.25, 0.3) is 0 Å². The number of nitrogens with one attached hydrogen (secondary N) is 1. The van der Waals surface area contributed by atoms with Gasteiger partial charge in [-0.25, -0.2) is 0 Å². The molecule has 1 fully saturated rings. The van der Waals surface area contributed by atoms with Gasteiger partial charge >= 0.3 is 0 Å². The summed E-state index contributed by atoms with van der Waals surface area (Å²) in [6.07, 6.45) is 2.35. The molecule has 2 nitrogen and oxygen atoms in total. The van der Waals surface area contributed by atoms with Crippen molar-refractivity contribution in [2.75, 3.05) is 19.6 Å². The highest BCUT2D eigenvalue weighted by Gasteiger charge is 2.18. The van der Waals surface area contributed by atoms with Crippen LogP contribution in [0.2, 0.25) is 0 Å². The maximum atomic E-state index is 3.72. The summed E-state index contributed by atoms with van der Waals surface area (Å²) in [5, 5.41) is 3.72. The SMILES string of the molecule is Cc1ccccc1CN1CCCNC(Cc2ccccc2)C1. The van der Waals surface area contributed by atoms with E-state index in [1.54, 1.807) is 0 Å². The zero-order valence-corrected chi connectivity index (χ0v) is 13.5. The molecule has 1 unspecified atom stereocenters. The molecular weight excluding hydrogens is 268 g/mol. The molecule has 0 saturated carbocycles. The molecule has 1 aliphatic rings. The van der Waals surface area contributed by atoms with Crippen LogP contribution in [0.15, 0.2) is 54.6 Å². The largest absolute Gasteiger partial charge is 0.312 e. The predicted octanol–water partition coefficient (Wildman–Crippen LogP) is 3.40. The summed E-state index contributed by atoms with van der Waals surface area (Å²) in [5.41, 5.74) is 4.29. The van der Waals surface area contributed by atoms with Gasteiger partial charge in [-0.05, 0) is 49.5 Å². The normalized spacial score (nSPS) is 19.8. The molecule has 3 rings (SSSR count). The van der Waals surface area contributed by atoms with Crippen LogP contribution in [0.4, 0.5) is 0 Å². The maximum Gasteiger partial charge on any atom is 0.0237 e. The summed E-state index contributed by atoms with van der Waals surface area (Å²) in [5.74, 6) is 0. The lowest BCUT2D eigenvalue weighted by atomic mass is 10.0. The van der Waals surface area contributed by atoms with Gasteiger partial charge in [-0.1, -0.05) is 54.6 Å². The number of aryl methyl sites for hydroxylation is 1. The first-order chi connectivity index (χ1) is 10.8. The van der Waals surface area contributed by atoms with Crippen molar-refractivity contribution in [3.05, 3.63) is 71.3 Å². The maximum absolute atomic E-state index is 3.72. The van der Waals surface area contributed by atoms with E-state index in [2.05, 4.69) is 71.7 Å². The Labute approximate surface area is 134 Å². The minimum atomic E-state index is 0.550. The highest BCUT2D eigenvalue weighted by Crippen LogP contribution is 2.14. The van der Waals surface area contributed by atoms with Crippen LogP contribution in [0.5, 0.6) is 0 Å². The van der Waals surface area contributed by atoms with Crippen molar-refractivity contribution in [1.82, 2.24) is 10.2 Å². The molecule has 0 amide bonds. The van der Waals surface area contributed by atoms with Crippen molar-refractivity contribution in [3.8, 4) is 0 Å². The molecular formula is C20H26N2. The van der Waals surface area contributed by atoms with Gasteiger partial charge in [-0.3, -0.25) is 4.90 Å². The second-order valence-corrected chi connectivity index (χ2v) is 6.36. The van der Waals surface area contributed by atoms with Gasteiger partial charge in [0.15, 0.2) is 0 Å². The van der Waals surface area contributed by atoms with Crippen LogP contribution in [-0.2, 0) is 13.0 Å². The highest BCUT2D eigenvalue weighted by atomic mass is 15.2. The van der Waals surface area contributed by atoms with Crippen molar-refractivity contribution in [3.63, 3.8) is 0 Å². The first-order valence-electron chi connectivity index (χ1n) is 8.35. The number of hydrogen-bond donors (Lipinski definition) is 1. The fourth-order valence-corrected chi connectivity index (χ4v) is 3.28. The molecule has 0 aromatic heterocycles. The first kappa shape index (κ1) is 15.3. The second kappa shape index (κ2) is 7.57. The van der Waals surface area contributed by atoms with Gasteiger partial charge in [0, 0.05) is 19.1 Å². The third-order valence-electron chi connectivity index (χ3n) is 4.54. The van der Waals surface area contributed by atoms with Gasteiger partial charge in [0.25, 0.3) is 0 Å². The van der Waals surface area contributed by atoms with E-state index in [-0.39, 0.29) is 0 Å². The monoisotopic (exact) mass is 294 g/mol. The van der Waals surface area contributed by atoms with Crippen LogP contribution >= 0.6 is 0 Å². The predicted molar refractivity (Wildman–Crippen MR) is 93.0 cm³/mol. The lowest BCUT2D eigenvalue weighted by Crippen LogP contribution is -2.39. The fourth-order valence-electron chi connectivity index (χ4n) is 3.28. The molecule has 2 heteroatoms. The standard InChI is InChI=1S/C20H26N2/c1-17-8-5-6-11-19(17)15-22-13-7-12-21-20(16-22)14-18-9-3-2-4-10-18/h2-6,8-11,20-21H,7,12-16H2,1H3. The minimum Gasteiger partial charge on any atom is -0.312 e. The lowest BCUT2D eigenvalue weighted by molar-refractivity contribution is 0.258. The number of rotatable bonds is 4. The van der Waals surface area contributed by atoms with E-state index in [0.717, 1.165) is 26.1 Å². The minimum absolute atomic E-state index is 0.550. The molecule has 1 aliphatic heterocycles. The van der Waals surface area contributed by atoms with E-state index in [1.165, 1.54) is 29.7 Å². The zero-order chi connectivity index (χ0) is 15.2. The zero-order valence-electron chi connectivity index (χ0n) is 13.5. The van der Waals surface area contributed by atoms with Crippen molar-refractivity contribution < 1.29 is 0 Å². The van der Waals surface area contributed by atoms with Crippen molar-refractivity contribution in [1.29, 1.82) is 0 Å². The molecule has 0 spiro atoms. The quantitative estimate of drug-likeness (QED) is 0.929. The summed E-state index contributed by atoms with van der Waals surface area (Å²) in [6.45, 7) is 6.73. The fraction of sp³-hybridized carbons (Fsp3) is 0.400. The number of benzene rings is 2. The topological polar surface area (TPSA) is 15.3 Å². The summed E-state index contributed by atoms with van der Waals surface area (Å²) in [6, 6.07) is 20.1. The number of hydrogen-bond acceptors (Lipinski definition) is 2. The molecule has 1 saturated heterocycles. The summed E-state index contributed by atoms with van der Waals surface area (Å²) >= 11 is 0. The van der Waals surface area contributed by atoms with E-state index < -0.39 is 0 Å². The Bertz CT molecular complexity index is 579. The summed E-state index contributed by atoms with van der Waals surface area (Å²) in [7, 11) is 0. The van der Waals surface area contributed by atoms with Gasteiger partial charge in [0.2, 0.25) is 0 Å². The van der Waals surface area contributed by atoms with Crippen LogP contribution in [0.1, 0.15) is 23.1 Å². The van der Waals surface area contributed by atoms with Gasteiger partial charge < -0.3 is 5.32 Å². The average molecular weight is 294 g/mol. The molecule has 1 atom stereocenters. The molecule has 2 aromatic carbocycles. The Hall–Kier alpha value is -1.64. The van der Waals surface area contributed by atoms with E-state index in [0.29, 0.717) is 6.04 Å². The van der Waals surface area contributed by atoms with Crippen LogP contribution in [0.3, 0.4) is 0 Å². The second-order valence-electron chi connectivity index (χ2n) is 6.36. The van der Waals surface area contributed by atoms with E-state index in [9.17, 15) is 0 Å². The Kier molecular flexibility index (Phi) is 5.25. The third kappa shape index (κ3) is 4.19. The Morgan fingerprint density at radius 3 is 2.64 bits per heavy atom. The van der Waals surface area contributed by atoms with E-state index in [4.69, 9.17) is 0 Å². The summed E-state index contributed by atoms with van der Waals surface area (Å²) in [4.78, 5) is 2.61. The molecule has 0 radical (unpaired) electrons. The van der Waals surface area contributed by atoms with Gasteiger partial charge in [0.05, 0.1) is 0 Å². The van der Waals surface area contributed by atoms with Gasteiger partial charge in [-0.2, -0.15) is 0 Å². The molecule has 0 bridgehead atoms. The van der Waals surface area contributed by atoms with E-state index in [1.807, 2.05) is 0 Å². The van der Waals surface area contributed by atoms with Gasteiger partial charge in [-0.15, -0.1) is 0 Å². The Morgan fingerprint density at radius 1 is 1.05 bits per heavy atom. The molecule has 1 heterocycles. The Balaban J connectivity index is 1.64. The van der Waals surface area contributed by atoms with E-state index >= 15 is 0 Å². The average Bonchev–Trinajstić information content (AvgIpc) is 2.76. The number of nitrogens with zero attached hydrogens (tertiary/aromatic N) is 1. The smallest absolute Gasteiger partial charge is 0.0237 e. The first-order valence-corrected chi connectivity index (χ1v) is 8.35. The van der Waals surface area contributed by atoms with Crippen LogP contribution in [0, 0.1) is 6.92 Å². The molecule has 0 aliphatic carbocycles. The molecule has 1 N–H and O–H groups in total. The molecule has 116 valence electrons. The van der Waals surface area contributed by atoms with Crippen molar-refractivity contribution in [2.24, 2.45) is 0 Å². The van der Waals surface area contributed by atoms with Gasteiger partial charge in [0.1, 0.15) is 0 Å². The summed E-state index contributed by atoms with van der Waals surface area (Å²) < 4.78 is 0. The van der Waals surface area contributed by atoms with Crippen molar-refractivity contribution >= 4 is 0 Å². The third-order valence-corrected chi connectivity index (χ3v) is 4.54. The molecule has 2 aromatic rings. The molecule has 22 heavy (non-hydrogen) atoms. The van der Waals surface area contributed by atoms with Crippen LogP contribution < -0.4 is 5.32 Å². The lowest BCUT2D eigenvalue weighted by Gasteiger charge is -2.25. The van der Waals surface area contributed by atoms with Crippen LogP contribution in [-0.4, -0.2) is 30.6 Å². The Morgan fingerprint density at radius 2 is 1.82 bits per heavy atom. The van der Waals surface area contributed by atoms with Crippen molar-refractivity contribution in [2.45, 2.75) is 32.4 Å².